The van der Waals surface area contributed by atoms with Crippen LogP contribution in [0.5, 0.6) is 0 Å². The van der Waals surface area contributed by atoms with Gasteiger partial charge in [-0.2, -0.15) is 11.3 Å². The van der Waals surface area contributed by atoms with E-state index in [1.807, 2.05) is 11.3 Å². The van der Waals surface area contributed by atoms with Crippen LogP contribution in [-0.2, 0) is 12.8 Å². The molecule has 0 N–H and O–H groups in total. The maximum Gasteiger partial charge on any atom is -0.00582 e. The lowest BCUT2D eigenvalue weighted by molar-refractivity contribution is -0.0127. The van der Waals surface area contributed by atoms with Gasteiger partial charge >= 0.3 is 0 Å². The van der Waals surface area contributed by atoms with E-state index in [1.165, 1.54) is 12.8 Å². The van der Waals surface area contributed by atoms with E-state index < -0.39 is 0 Å². The zero-order valence-electron chi connectivity index (χ0n) is 11.5. The fourth-order valence-electron chi connectivity index (χ4n) is 2.97. The normalized spacial score (nSPS) is 25.9. The zero-order chi connectivity index (χ0) is 12.2. The number of fused-ring (bicyclic) bond motifs is 1. The predicted molar refractivity (Wildman–Crippen MR) is 73.1 cm³/mol. The number of rotatable bonds is 0. The van der Waals surface area contributed by atoms with Gasteiger partial charge in [0.1, 0.15) is 0 Å². The lowest BCUT2D eigenvalue weighted by Crippen LogP contribution is -2.45. The average molecular weight is 236 g/mol. The molecule has 0 saturated carbocycles. The molecule has 16 heavy (non-hydrogen) atoms. The van der Waals surface area contributed by atoms with E-state index in [0.717, 1.165) is 0 Å². The molecule has 0 amide bonds. The van der Waals surface area contributed by atoms with Gasteiger partial charge in [0.2, 0.25) is 0 Å². The second-order valence-electron chi connectivity index (χ2n) is 7.17. The summed E-state index contributed by atoms with van der Waals surface area (Å²) in [6.07, 6.45) is 2.45. The lowest BCUT2D eigenvalue weighted by atomic mass is 9.54. The Balaban J connectivity index is 2.55. The van der Waals surface area contributed by atoms with Crippen LogP contribution in [0.4, 0.5) is 0 Å². The van der Waals surface area contributed by atoms with E-state index in [-0.39, 0.29) is 0 Å². The second kappa shape index (κ2) is 3.35. The smallest absolute Gasteiger partial charge is 0.00582 e. The van der Waals surface area contributed by atoms with Crippen LogP contribution < -0.4 is 0 Å². The van der Waals surface area contributed by atoms with E-state index in [0.29, 0.717) is 16.2 Å². The predicted octanol–water partition coefficient (Wildman–Crippen LogP) is 4.93. The molecule has 1 aliphatic carbocycles. The Kier molecular flexibility index (Phi) is 2.55. The molecule has 0 spiro atoms. The molecule has 1 heterocycles. The van der Waals surface area contributed by atoms with Crippen molar-refractivity contribution in [1.29, 1.82) is 0 Å². The monoisotopic (exact) mass is 236 g/mol. The van der Waals surface area contributed by atoms with Crippen molar-refractivity contribution < 1.29 is 0 Å². The highest BCUT2D eigenvalue weighted by molar-refractivity contribution is 7.08. The van der Waals surface area contributed by atoms with E-state index in [9.17, 15) is 0 Å². The Labute approximate surface area is 104 Å². The summed E-state index contributed by atoms with van der Waals surface area (Å²) in [7, 11) is 0. The van der Waals surface area contributed by atoms with Crippen molar-refractivity contribution in [2.24, 2.45) is 16.2 Å². The van der Waals surface area contributed by atoms with Crippen LogP contribution >= 0.6 is 11.3 Å². The van der Waals surface area contributed by atoms with Crippen LogP contribution in [0.1, 0.15) is 52.7 Å². The van der Waals surface area contributed by atoms with Gasteiger partial charge in [0.25, 0.3) is 0 Å². The van der Waals surface area contributed by atoms with Gasteiger partial charge in [-0.1, -0.05) is 41.5 Å². The number of thiophene rings is 1. The quantitative estimate of drug-likeness (QED) is 0.561. The van der Waals surface area contributed by atoms with Crippen LogP contribution in [0.2, 0.25) is 0 Å². The van der Waals surface area contributed by atoms with Gasteiger partial charge in [-0.15, -0.1) is 0 Å². The van der Waals surface area contributed by atoms with Crippen molar-refractivity contribution in [1.82, 2.24) is 0 Å². The fraction of sp³-hybridized carbons (Fsp3) is 0.733. The minimum Gasteiger partial charge on any atom is -0.152 e. The Hall–Kier alpha value is -0.300. The Bertz CT molecular complexity index is 359. The minimum absolute atomic E-state index is 0.358. The lowest BCUT2D eigenvalue weighted by Gasteiger charge is -2.51. The first-order valence-electron chi connectivity index (χ1n) is 6.21. The standard InChI is InChI=1S/C15H24S/c1-13(2)7-11-9-16-10-12(11)8-14(3,4)15(13,5)6/h9-10H,7-8H2,1-6H3. The second-order valence-corrected chi connectivity index (χ2v) is 7.91. The molecule has 0 saturated heterocycles. The Morgan fingerprint density at radius 1 is 0.812 bits per heavy atom. The van der Waals surface area contributed by atoms with Crippen LogP contribution in [0.15, 0.2) is 10.8 Å². The molecule has 1 aromatic rings. The van der Waals surface area contributed by atoms with Gasteiger partial charge in [0.15, 0.2) is 0 Å². The summed E-state index contributed by atoms with van der Waals surface area (Å²) in [6, 6.07) is 0. The Morgan fingerprint density at radius 2 is 1.19 bits per heavy atom. The van der Waals surface area contributed by atoms with E-state index in [2.05, 4.69) is 52.3 Å². The molecular formula is C15H24S. The minimum atomic E-state index is 0.358. The molecule has 1 heteroatoms. The summed E-state index contributed by atoms with van der Waals surface area (Å²) in [5, 5.41) is 4.71. The maximum absolute atomic E-state index is 2.45. The van der Waals surface area contributed by atoms with Crippen molar-refractivity contribution in [2.75, 3.05) is 0 Å². The van der Waals surface area contributed by atoms with Gasteiger partial charge in [0, 0.05) is 0 Å². The molecule has 90 valence electrons. The molecule has 0 unspecified atom stereocenters. The molecule has 0 aliphatic heterocycles. The molecule has 1 aliphatic rings. The molecule has 0 bridgehead atoms. The van der Waals surface area contributed by atoms with Crippen molar-refractivity contribution in [3.8, 4) is 0 Å². The molecule has 0 radical (unpaired) electrons. The highest BCUT2D eigenvalue weighted by Crippen LogP contribution is 2.56. The van der Waals surface area contributed by atoms with E-state index in [1.54, 1.807) is 11.1 Å². The average Bonchev–Trinajstić information content (AvgIpc) is 2.48. The molecule has 1 aromatic heterocycles. The van der Waals surface area contributed by atoms with Gasteiger partial charge in [0.05, 0.1) is 0 Å². The van der Waals surface area contributed by atoms with Crippen LogP contribution in [0.25, 0.3) is 0 Å². The summed E-state index contributed by atoms with van der Waals surface area (Å²) >= 11 is 1.87. The van der Waals surface area contributed by atoms with E-state index in [4.69, 9.17) is 0 Å². The summed E-state index contributed by atoms with van der Waals surface area (Å²) in [5.74, 6) is 0. The largest absolute Gasteiger partial charge is 0.152 e. The van der Waals surface area contributed by atoms with Gasteiger partial charge in [-0.25, -0.2) is 0 Å². The van der Waals surface area contributed by atoms with Gasteiger partial charge in [-0.3, -0.25) is 0 Å². The molecular weight excluding hydrogens is 212 g/mol. The van der Waals surface area contributed by atoms with Crippen molar-refractivity contribution >= 4 is 11.3 Å². The van der Waals surface area contributed by atoms with E-state index >= 15 is 0 Å². The van der Waals surface area contributed by atoms with Crippen molar-refractivity contribution in [3.63, 3.8) is 0 Å². The van der Waals surface area contributed by atoms with Crippen molar-refractivity contribution in [3.05, 3.63) is 21.9 Å². The molecule has 0 atom stereocenters. The zero-order valence-corrected chi connectivity index (χ0v) is 12.3. The highest BCUT2D eigenvalue weighted by Gasteiger charge is 2.49. The Morgan fingerprint density at radius 3 is 1.56 bits per heavy atom. The van der Waals surface area contributed by atoms with Crippen LogP contribution in [0, 0.1) is 16.2 Å². The fourth-order valence-corrected chi connectivity index (χ4v) is 3.84. The van der Waals surface area contributed by atoms with Crippen LogP contribution in [0.3, 0.4) is 0 Å². The van der Waals surface area contributed by atoms with Gasteiger partial charge < -0.3 is 0 Å². The summed E-state index contributed by atoms with van der Waals surface area (Å²) in [4.78, 5) is 0. The SMILES string of the molecule is CC1(C)Cc2cscc2CC(C)(C)C1(C)C. The highest BCUT2D eigenvalue weighted by atomic mass is 32.1. The first-order valence-corrected chi connectivity index (χ1v) is 7.16. The third kappa shape index (κ3) is 1.55. The molecule has 2 rings (SSSR count). The topological polar surface area (TPSA) is 0 Å². The molecule has 0 aromatic carbocycles. The number of hydrogen-bond donors (Lipinski definition) is 0. The van der Waals surface area contributed by atoms with Crippen molar-refractivity contribution in [2.45, 2.75) is 54.4 Å². The summed E-state index contributed by atoms with van der Waals surface area (Å²) in [5.41, 5.74) is 4.27. The molecule has 0 nitrogen and oxygen atoms in total. The van der Waals surface area contributed by atoms with Gasteiger partial charge in [-0.05, 0) is 51.0 Å². The first-order chi connectivity index (χ1) is 7.17. The molecule has 0 fully saturated rings. The third-order valence-corrected chi connectivity index (χ3v) is 6.32. The number of hydrogen-bond acceptors (Lipinski definition) is 1. The van der Waals surface area contributed by atoms with Crippen LogP contribution in [-0.4, -0.2) is 0 Å². The summed E-state index contributed by atoms with van der Waals surface area (Å²) in [6.45, 7) is 14.6. The third-order valence-electron chi connectivity index (χ3n) is 5.48. The maximum atomic E-state index is 2.45. The summed E-state index contributed by atoms with van der Waals surface area (Å²) < 4.78 is 0. The first kappa shape index (κ1) is 12.2.